The fraction of sp³-hybridized carbons (Fsp3) is 0.316. The van der Waals surface area contributed by atoms with Gasteiger partial charge in [0.15, 0.2) is 11.5 Å². The van der Waals surface area contributed by atoms with Crippen molar-refractivity contribution >= 4 is 21.1 Å². The van der Waals surface area contributed by atoms with Crippen molar-refractivity contribution in [2.24, 2.45) is 0 Å². The first-order chi connectivity index (χ1) is 13.7. The van der Waals surface area contributed by atoms with Gasteiger partial charge in [0.05, 0.1) is 4.90 Å². The van der Waals surface area contributed by atoms with Gasteiger partial charge in [0.2, 0.25) is 10.0 Å². The minimum Gasteiger partial charge on any atom is -0.440 e. The third-order valence-corrected chi connectivity index (χ3v) is 6.58. The molecule has 10 heteroatoms. The number of alkyl halides is 3. The normalized spacial score (nSPS) is 18.8. The molecule has 0 aliphatic carbocycles. The lowest BCUT2D eigenvalue weighted by molar-refractivity contribution is -0.274. The van der Waals surface area contributed by atoms with E-state index < -0.39 is 22.1 Å². The van der Waals surface area contributed by atoms with Gasteiger partial charge in [0.25, 0.3) is 0 Å². The van der Waals surface area contributed by atoms with Crippen molar-refractivity contribution < 1.29 is 30.7 Å². The fourth-order valence-electron chi connectivity index (χ4n) is 3.41. The number of para-hydroxylation sites is 2. The fourth-order valence-corrected chi connectivity index (χ4v) is 4.97. The lowest BCUT2D eigenvalue weighted by Gasteiger charge is -2.30. The second kappa shape index (κ2) is 7.34. The van der Waals surface area contributed by atoms with Gasteiger partial charge in [0.1, 0.15) is 11.3 Å². The predicted octanol–water partition coefficient (Wildman–Crippen LogP) is 4.29. The monoisotopic (exact) mass is 426 g/mol. The molecule has 0 unspecified atom stereocenters. The van der Waals surface area contributed by atoms with Gasteiger partial charge >= 0.3 is 6.36 Å². The zero-order chi connectivity index (χ0) is 20.6. The highest BCUT2D eigenvalue weighted by molar-refractivity contribution is 7.89. The molecule has 1 saturated heterocycles. The van der Waals surface area contributed by atoms with Gasteiger partial charge in [-0.15, -0.1) is 13.2 Å². The number of halogens is 3. The summed E-state index contributed by atoms with van der Waals surface area (Å²) in [4.78, 5) is 4.19. The Labute approximate surface area is 164 Å². The van der Waals surface area contributed by atoms with E-state index in [9.17, 15) is 21.6 Å². The number of ether oxygens (including phenoxy) is 1. The van der Waals surface area contributed by atoms with Gasteiger partial charge < -0.3 is 9.15 Å². The lowest BCUT2D eigenvalue weighted by Crippen LogP contribution is -2.39. The van der Waals surface area contributed by atoms with Crippen LogP contribution in [0.3, 0.4) is 0 Å². The summed E-state index contributed by atoms with van der Waals surface area (Å²) in [5, 5.41) is 0. The standard InChI is InChI=1S/C19H17F3N2O4S/c20-19(21,22)28-14-6-3-7-15(11-14)29(25,26)24-10-4-5-13(12-24)18-23-16-8-1-2-9-17(16)27-18/h1-3,6-9,11,13H,4-5,10,12H2/t13-/m0/s1. The Balaban J connectivity index is 1.58. The quantitative estimate of drug-likeness (QED) is 0.622. The molecule has 6 nitrogen and oxygen atoms in total. The smallest absolute Gasteiger partial charge is 0.440 e. The Kier molecular flexibility index (Phi) is 4.99. The second-order valence-corrected chi connectivity index (χ2v) is 8.68. The zero-order valence-electron chi connectivity index (χ0n) is 15.1. The molecule has 0 amide bonds. The minimum absolute atomic E-state index is 0.138. The number of nitrogens with zero attached hydrogens (tertiary/aromatic N) is 2. The van der Waals surface area contributed by atoms with Crippen molar-refractivity contribution in [2.75, 3.05) is 13.1 Å². The minimum atomic E-state index is -4.90. The summed E-state index contributed by atoms with van der Waals surface area (Å²) >= 11 is 0. The topological polar surface area (TPSA) is 72.6 Å². The van der Waals surface area contributed by atoms with E-state index in [0.29, 0.717) is 29.8 Å². The van der Waals surface area contributed by atoms with E-state index in [2.05, 4.69) is 9.72 Å². The zero-order valence-corrected chi connectivity index (χ0v) is 15.9. The highest BCUT2D eigenvalue weighted by Crippen LogP contribution is 2.33. The van der Waals surface area contributed by atoms with Gasteiger partial charge in [-0.25, -0.2) is 13.4 Å². The Hall–Kier alpha value is -2.59. The summed E-state index contributed by atoms with van der Waals surface area (Å²) in [5.74, 6) is -0.355. The molecule has 0 bridgehead atoms. The molecule has 2 heterocycles. The molecular formula is C19H17F3N2O4S. The van der Waals surface area contributed by atoms with Crippen LogP contribution < -0.4 is 4.74 Å². The predicted molar refractivity (Wildman–Crippen MR) is 97.9 cm³/mol. The summed E-state index contributed by atoms with van der Waals surface area (Å²) in [6.07, 6.45) is -3.61. The van der Waals surface area contributed by atoms with Crippen LogP contribution >= 0.6 is 0 Å². The number of sulfonamides is 1. The van der Waals surface area contributed by atoms with Gasteiger partial charge in [0, 0.05) is 25.1 Å². The average Bonchev–Trinajstić information content (AvgIpc) is 3.11. The largest absolute Gasteiger partial charge is 0.573 e. The van der Waals surface area contributed by atoms with Crippen LogP contribution in [0.4, 0.5) is 13.2 Å². The van der Waals surface area contributed by atoms with Crippen LogP contribution in [0.25, 0.3) is 11.1 Å². The third-order valence-electron chi connectivity index (χ3n) is 4.72. The number of fused-ring (bicyclic) bond motifs is 1. The number of rotatable bonds is 4. The number of hydrogen-bond donors (Lipinski definition) is 0. The summed E-state index contributed by atoms with van der Waals surface area (Å²) in [5.41, 5.74) is 1.32. The molecule has 1 aliphatic rings. The van der Waals surface area contributed by atoms with Gasteiger partial charge in [-0.1, -0.05) is 18.2 Å². The Morgan fingerprint density at radius 3 is 2.69 bits per heavy atom. The van der Waals surface area contributed by atoms with Crippen LogP contribution in [-0.2, 0) is 10.0 Å². The van der Waals surface area contributed by atoms with Crippen LogP contribution in [0.2, 0.25) is 0 Å². The van der Waals surface area contributed by atoms with Gasteiger partial charge in [-0.3, -0.25) is 0 Å². The first-order valence-corrected chi connectivity index (χ1v) is 10.4. The second-order valence-electron chi connectivity index (χ2n) is 6.74. The molecule has 1 atom stereocenters. The van der Waals surface area contributed by atoms with E-state index in [4.69, 9.17) is 4.42 Å². The third kappa shape index (κ3) is 4.23. The van der Waals surface area contributed by atoms with Crippen molar-refractivity contribution in [2.45, 2.75) is 30.0 Å². The number of hydrogen-bond acceptors (Lipinski definition) is 5. The van der Waals surface area contributed by atoms with Crippen LogP contribution in [-0.4, -0.2) is 37.2 Å². The van der Waals surface area contributed by atoms with Crippen LogP contribution in [0.15, 0.2) is 57.8 Å². The van der Waals surface area contributed by atoms with Crippen molar-refractivity contribution in [3.05, 3.63) is 54.4 Å². The lowest BCUT2D eigenvalue weighted by atomic mass is 10.00. The Bertz CT molecular complexity index is 1090. The Morgan fingerprint density at radius 1 is 1.14 bits per heavy atom. The summed E-state index contributed by atoms with van der Waals surface area (Å²) in [7, 11) is -3.99. The van der Waals surface area contributed by atoms with E-state index in [1.165, 1.54) is 16.4 Å². The molecule has 1 fully saturated rings. The van der Waals surface area contributed by atoms with Gasteiger partial charge in [-0.05, 0) is 37.1 Å². The van der Waals surface area contributed by atoms with Crippen molar-refractivity contribution in [3.63, 3.8) is 0 Å². The molecule has 2 aromatic carbocycles. The highest BCUT2D eigenvalue weighted by atomic mass is 32.2. The van der Waals surface area contributed by atoms with E-state index >= 15 is 0 Å². The first-order valence-electron chi connectivity index (χ1n) is 8.94. The Morgan fingerprint density at radius 2 is 1.93 bits per heavy atom. The van der Waals surface area contributed by atoms with E-state index in [1.54, 1.807) is 6.07 Å². The molecule has 3 aromatic rings. The number of aromatic nitrogens is 1. The molecular weight excluding hydrogens is 409 g/mol. The molecule has 0 spiro atoms. The summed E-state index contributed by atoms with van der Waals surface area (Å²) in [6.45, 7) is 0.406. The number of piperidine rings is 1. The number of oxazole rings is 1. The van der Waals surface area contributed by atoms with Crippen molar-refractivity contribution in [1.82, 2.24) is 9.29 Å². The molecule has 4 rings (SSSR count). The molecule has 1 aromatic heterocycles. The molecule has 0 N–H and O–H groups in total. The number of benzene rings is 2. The molecule has 1 aliphatic heterocycles. The van der Waals surface area contributed by atoms with Crippen LogP contribution in [0.1, 0.15) is 24.7 Å². The maximum Gasteiger partial charge on any atom is 0.573 e. The summed E-state index contributed by atoms with van der Waals surface area (Å²) in [6, 6.07) is 11.7. The first kappa shape index (κ1) is 19.7. The van der Waals surface area contributed by atoms with Crippen molar-refractivity contribution in [1.29, 1.82) is 0 Å². The van der Waals surface area contributed by atoms with Crippen molar-refractivity contribution in [3.8, 4) is 5.75 Å². The van der Waals surface area contributed by atoms with E-state index in [-0.39, 0.29) is 23.9 Å². The molecule has 0 radical (unpaired) electrons. The average molecular weight is 426 g/mol. The maximum absolute atomic E-state index is 13.0. The summed E-state index contributed by atoms with van der Waals surface area (Å²) < 4.78 is 74.2. The SMILES string of the molecule is O=S(=O)(c1cccc(OC(F)(F)F)c1)N1CCC[C@H](c2nc3ccccc3o2)C1. The maximum atomic E-state index is 13.0. The molecule has 29 heavy (non-hydrogen) atoms. The van der Waals surface area contributed by atoms with E-state index in [1.807, 2.05) is 18.2 Å². The van der Waals surface area contributed by atoms with Gasteiger partial charge in [-0.2, -0.15) is 4.31 Å². The highest BCUT2D eigenvalue weighted by Gasteiger charge is 2.35. The van der Waals surface area contributed by atoms with E-state index in [0.717, 1.165) is 12.1 Å². The molecule has 0 saturated carbocycles. The molecule has 154 valence electrons. The van der Waals surface area contributed by atoms with Crippen LogP contribution in [0, 0.1) is 0 Å². The van der Waals surface area contributed by atoms with Crippen LogP contribution in [0.5, 0.6) is 5.75 Å².